The summed E-state index contributed by atoms with van der Waals surface area (Å²) in [6, 6.07) is 3.73. The number of hydrogen-bond acceptors (Lipinski definition) is 4. The maximum Gasteiger partial charge on any atom is 0.226 e. The van der Waals surface area contributed by atoms with E-state index in [2.05, 4.69) is 15.2 Å². The van der Waals surface area contributed by atoms with Crippen LogP contribution in [-0.2, 0) is 11.3 Å². The first-order valence-corrected chi connectivity index (χ1v) is 5.77. The fourth-order valence-corrected chi connectivity index (χ4v) is 2.13. The fraction of sp³-hybridized carbons (Fsp3) is 0.500. The summed E-state index contributed by atoms with van der Waals surface area (Å²) in [5.74, 6) is -0.0672. The van der Waals surface area contributed by atoms with Crippen molar-refractivity contribution in [2.75, 3.05) is 20.1 Å². The predicted octanol–water partition coefficient (Wildman–Crippen LogP) is -0.413. The van der Waals surface area contributed by atoms with Crippen LogP contribution in [-0.4, -0.2) is 42.0 Å². The highest BCUT2D eigenvalue weighted by molar-refractivity contribution is 5.80. The molecule has 1 aromatic heterocycles. The first kappa shape index (κ1) is 12.0. The molecule has 2 atom stereocenters. The Balaban J connectivity index is 1.86. The lowest BCUT2D eigenvalue weighted by Gasteiger charge is -2.14. The van der Waals surface area contributed by atoms with Crippen molar-refractivity contribution in [1.82, 2.24) is 15.2 Å². The van der Waals surface area contributed by atoms with Crippen molar-refractivity contribution in [1.29, 1.82) is 0 Å². The molecule has 0 aliphatic carbocycles. The topological polar surface area (TPSA) is 71.2 Å². The van der Waals surface area contributed by atoms with Gasteiger partial charge in [0.25, 0.3) is 0 Å². The van der Waals surface area contributed by atoms with E-state index in [1.54, 1.807) is 12.4 Å². The molecule has 2 unspecified atom stereocenters. The van der Waals surface area contributed by atoms with Gasteiger partial charge in [0.15, 0.2) is 0 Å². The molecule has 17 heavy (non-hydrogen) atoms. The number of nitrogens with one attached hydrogen (secondary N) is 1. The third kappa shape index (κ3) is 3.01. The summed E-state index contributed by atoms with van der Waals surface area (Å²) in [4.78, 5) is 18.0. The Kier molecular flexibility index (Phi) is 3.71. The van der Waals surface area contributed by atoms with Gasteiger partial charge in [0.05, 0.1) is 5.92 Å². The Morgan fingerprint density at radius 2 is 2.47 bits per heavy atom. The van der Waals surface area contributed by atoms with Crippen LogP contribution in [0.1, 0.15) is 5.56 Å². The van der Waals surface area contributed by atoms with Crippen LogP contribution in [0.4, 0.5) is 0 Å². The van der Waals surface area contributed by atoms with Crippen LogP contribution in [0.3, 0.4) is 0 Å². The van der Waals surface area contributed by atoms with E-state index in [9.17, 15) is 4.79 Å². The first-order valence-electron chi connectivity index (χ1n) is 5.77. The molecule has 0 spiro atoms. The normalized spacial score (nSPS) is 24.8. The Bertz CT molecular complexity index is 381. The monoisotopic (exact) mass is 234 g/mol. The van der Waals surface area contributed by atoms with E-state index in [-0.39, 0.29) is 17.9 Å². The summed E-state index contributed by atoms with van der Waals surface area (Å²) in [5.41, 5.74) is 6.93. The van der Waals surface area contributed by atoms with Gasteiger partial charge in [0.2, 0.25) is 5.91 Å². The van der Waals surface area contributed by atoms with E-state index >= 15 is 0 Å². The molecule has 0 saturated carbocycles. The van der Waals surface area contributed by atoms with Crippen LogP contribution in [0, 0.1) is 5.92 Å². The zero-order valence-corrected chi connectivity index (χ0v) is 9.97. The molecule has 1 saturated heterocycles. The van der Waals surface area contributed by atoms with Gasteiger partial charge >= 0.3 is 0 Å². The van der Waals surface area contributed by atoms with Crippen molar-refractivity contribution in [2.45, 2.75) is 12.6 Å². The van der Waals surface area contributed by atoms with E-state index in [0.29, 0.717) is 6.54 Å². The summed E-state index contributed by atoms with van der Waals surface area (Å²) < 4.78 is 0. The summed E-state index contributed by atoms with van der Waals surface area (Å²) in [7, 11) is 1.98. The third-order valence-electron chi connectivity index (χ3n) is 3.07. The minimum absolute atomic E-state index is 0.0331. The first-order chi connectivity index (χ1) is 8.16. The van der Waals surface area contributed by atoms with Crippen LogP contribution in [0.15, 0.2) is 24.5 Å². The summed E-state index contributed by atoms with van der Waals surface area (Å²) in [6.07, 6.45) is 3.47. The molecule has 2 rings (SSSR count). The quantitative estimate of drug-likeness (QED) is 0.745. The number of carbonyl (C=O) groups excluding carboxylic acids is 1. The van der Waals surface area contributed by atoms with Crippen molar-refractivity contribution >= 4 is 5.91 Å². The van der Waals surface area contributed by atoms with Crippen LogP contribution in [0.5, 0.6) is 0 Å². The zero-order chi connectivity index (χ0) is 12.3. The molecule has 5 heteroatoms. The molecule has 1 aliphatic rings. The van der Waals surface area contributed by atoms with Crippen molar-refractivity contribution in [3.8, 4) is 0 Å². The molecular formula is C12H18N4O. The van der Waals surface area contributed by atoms with Gasteiger partial charge in [0, 0.05) is 38.1 Å². The summed E-state index contributed by atoms with van der Waals surface area (Å²) >= 11 is 0. The molecular weight excluding hydrogens is 216 g/mol. The third-order valence-corrected chi connectivity index (χ3v) is 3.07. The van der Waals surface area contributed by atoms with Gasteiger partial charge in [0.1, 0.15) is 0 Å². The molecule has 3 N–H and O–H groups in total. The van der Waals surface area contributed by atoms with E-state index in [0.717, 1.165) is 18.7 Å². The number of rotatable bonds is 3. The number of hydrogen-bond donors (Lipinski definition) is 2. The zero-order valence-electron chi connectivity index (χ0n) is 9.97. The lowest BCUT2D eigenvalue weighted by Crippen LogP contribution is -2.40. The predicted molar refractivity (Wildman–Crippen MR) is 65.0 cm³/mol. The number of nitrogens with two attached hydrogens (primary N) is 1. The highest BCUT2D eigenvalue weighted by atomic mass is 16.2. The van der Waals surface area contributed by atoms with Crippen LogP contribution < -0.4 is 11.1 Å². The maximum atomic E-state index is 11.9. The number of likely N-dealkylation sites (tertiary alicyclic amines) is 1. The van der Waals surface area contributed by atoms with Crippen molar-refractivity contribution in [3.63, 3.8) is 0 Å². The van der Waals surface area contributed by atoms with Gasteiger partial charge in [-0.2, -0.15) is 0 Å². The van der Waals surface area contributed by atoms with E-state index in [1.165, 1.54) is 0 Å². The van der Waals surface area contributed by atoms with Crippen molar-refractivity contribution in [3.05, 3.63) is 30.1 Å². The number of carbonyl (C=O) groups is 1. The molecule has 5 nitrogen and oxygen atoms in total. The Morgan fingerprint density at radius 1 is 1.65 bits per heavy atom. The average Bonchev–Trinajstić information content (AvgIpc) is 2.67. The smallest absolute Gasteiger partial charge is 0.226 e. The molecule has 0 bridgehead atoms. The average molecular weight is 234 g/mol. The van der Waals surface area contributed by atoms with Crippen LogP contribution in [0.2, 0.25) is 0 Å². The molecule has 1 fully saturated rings. The lowest BCUT2D eigenvalue weighted by molar-refractivity contribution is -0.125. The minimum Gasteiger partial charge on any atom is -0.352 e. The maximum absolute atomic E-state index is 11.9. The molecule has 1 aromatic rings. The van der Waals surface area contributed by atoms with Gasteiger partial charge in [-0.1, -0.05) is 6.07 Å². The number of pyridine rings is 1. The fourth-order valence-electron chi connectivity index (χ4n) is 2.13. The van der Waals surface area contributed by atoms with Gasteiger partial charge < -0.3 is 16.0 Å². The van der Waals surface area contributed by atoms with Gasteiger partial charge in [-0.25, -0.2) is 0 Å². The van der Waals surface area contributed by atoms with Gasteiger partial charge in [-0.15, -0.1) is 0 Å². The Hall–Kier alpha value is -1.46. The lowest BCUT2D eigenvalue weighted by atomic mass is 10.0. The molecule has 2 heterocycles. The van der Waals surface area contributed by atoms with E-state index in [1.807, 2.05) is 19.2 Å². The van der Waals surface area contributed by atoms with Crippen molar-refractivity contribution < 1.29 is 4.79 Å². The van der Waals surface area contributed by atoms with Crippen molar-refractivity contribution in [2.24, 2.45) is 11.7 Å². The number of likely N-dealkylation sites (N-methyl/N-ethyl adjacent to an activating group) is 1. The molecule has 1 aliphatic heterocycles. The number of amides is 1. The highest BCUT2D eigenvalue weighted by Gasteiger charge is 2.33. The number of aromatic nitrogens is 1. The second-order valence-corrected chi connectivity index (χ2v) is 4.57. The largest absolute Gasteiger partial charge is 0.352 e. The van der Waals surface area contributed by atoms with Gasteiger partial charge in [-0.05, 0) is 18.7 Å². The Morgan fingerprint density at radius 3 is 3.06 bits per heavy atom. The summed E-state index contributed by atoms with van der Waals surface area (Å²) in [6.45, 7) is 2.03. The molecule has 0 radical (unpaired) electrons. The Labute approximate surface area is 101 Å². The van der Waals surface area contributed by atoms with Crippen LogP contribution >= 0.6 is 0 Å². The van der Waals surface area contributed by atoms with E-state index in [4.69, 9.17) is 5.73 Å². The minimum atomic E-state index is -0.100. The SMILES string of the molecule is CN1CC(N)C(C(=O)NCc2cccnc2)C1. The highest BCUT2D eigenvalue weighted by Crippen LogP contribution is 2.13. The second-order valence-electron chi connectivity index (χ2n) is 4.57. The standard InChI is InChI=1S/C12H18N4O/c1-16-7-10(11(13)8-16)12(17)15-6-9-3-2-4-14-5-9/h2-5,10-11H,6-8,13H2,1H3,(H,15,17). The molecule has 1 amide bonds. The molecule has 0 aromatic carbocycles. The second kappa shape index (κ2) is 5.25. The van der Waals surface area contributed by atoms with E-state index < -0.39 is 0 Å². The summed E-state index contributed by atoms with van der Waals surface area (Å²) in [5, 5.41) is 2.91. The number of nitrogens with zero attached hydrogens (tertiary/aromatic N) is 2. The van der Waals surface area contributed by atoms with Gasteiger partial charge in [-0.3, -0.25) is 9.78 Å². The van der Waals surface area contributed by atoms with Crippen LogP contribution in [0.25, 0.3) is 0 Å². The molecule has 92 valence electrons.